The van der Waals surface area contributed by atoms with Crippen LogP contribution in [0.4, 0.5) is 0 Å². The molecule has 0 spiro atoms. The van der Waals surface area contributed by atoms with E-state index in [2.05, 4.69) is 44.5 Å². The smallest absolute Gasteiger partial charge is 0.221 e. The average molecular weight is 379 g/mol. The van der Waals surface area contributed by atoms with Crippen molar-refractivity contribution >= 4 is 12.1 Å². The topological polar surface area (TPSA) is 41.5 Å². The van der Waals surface area contributed by atoms with Crippen LogP contribution in [0.2, 0.25) is 0 Å². The lowest BCUT2D eigenvalue weighted by Crippen LogP contribution is -2.63. The quantitative estimate of drug-likeness (QED) is 0.225. The van der Waals surface area contributed by atoms with Crippen LogP contribution in [-0.4, -0.2) is 42.0 Å². The van der Waals surface area contributed by atoms with Crippen molar-refractivity contribution in [3.05, 3.63) is 12.2 Å². The molecular weight excluding hydrogens is 334 g/mol. The van der Waals surface area contributed by atoms with Crippen molar-refractivity contribution in [3.63, 3.8) is 0 Å². The summed E-state index contributed by atoms with van der Waals surface area (Å²) < 4.78 is 0.862. The molecule has 0 aromatic heterocycles. The molecule has 1 N–H and O–H groups in total. The summed E-state index contributed by atoms with van der Waals surface area (Å²) in [5, 5.41) is 3.09. The highest BCUT2D eigenvalue weighted by atomic mass is 16.1. The minimum Gasteiger partial charge on any atom is -0.307 e. The minimum atomic E-state index is 0.0485. The van der Waals surface area contributed by atoms with E-state index in [1.54, 1.807) is 6.92 Å². The molecule has 1 aliphatic heterocycles. The molecular formula is C23H44N3O+. The Bertz CT molecular complexity index is 461. The molecule has 4 nitrogen and oxygen atoms in total. The van der Waals surface area contributed by atoms with Gasteiger partial charge in [-0.1, -0.05) is 57.6 Å². The summed E-state index contributed by atoms with van der Waals surface area (Å²) in [7, 11) is 0. The van der Waals surface area contributed by atoms with E-state index >= 15 is 0 Å². The highest BCUT2D eigenvalue weighted by molar-refractivity contribution is 5.73. The maximum atomic E-state index is 11.5. The Balaban J connectivity index is 2.20. The van der Waals surface area contributed by atoms with Crippen LogP contribution in [-0.2, 0) is 4.79 Å². The van der Waals surface area contributed by atoms with Gasteiger partial charge in [-0.05, 0) is 32.6 Å². The standard InChI is InChI=1S/C23H43N3O/c1-5-7-8-9-10-11-12-13-14-15-16-17-18-23-24-19-20-26(23,6-2)21(3)25-22(4)27/h14-15,19,21,23H,5-13,16-18,20H2,1-4H3/p+1/b15-14+. The van der Waals surface area contributed by atoms with Crippen LogP contribution in [0.15, 0.2) is 17.1 Å². The van der Waals surface area contributed by atoms with E-state index in [9.17, 15) is 4.79 Å². The van der Waals surface area contributed by atoms with E-state index in [-0.39, 0.29) is 18.2 Å². The highest BCUT2D eigenvalue weighted by Crippen LogP contribution is 2.26. The number of hydrogen-bond acceptors (Lipinski definition) is 2. The first-order valence-corrected chi connectivity index (χ1v) is 11.4. The number of nitrogens with zero attached hydrogens (tertiary/aromatic N) is 2. The maximum Gasteiger partial charge on any atom is 0.221 e. The summed E-state index contributed by atoms with van der Waals surface area (Å²) in [6.45, 7) is 10.1. The molecule has 0 fully saturated rings. The van der Waals surface area contributed by atoms with Crippen LogP contribution in [0.5, 0.6) is 0 Å². The molecule has 27 heavy (non-hydrogen) atoms. The van der Waals surface area contributed by atoms with Crippen LogP contribution in [0.3, 0.4) is 0 Å². The number of aliphatic imine (C=N–C) groups is 1. The van der Waals surface area contributed by atoms with Gasteiger partial charge in [-0.25, -0.2) is 4.99 Å². The maximum absolute atomic E-state index is 11.5. The molecule has 0 bridgehead atoms. The second kappa shape index (κ2) is 13.9. The number of carbonyl (C=O) groups excluding carboxylic acids is 1. The van der Waals surface area contributed by atoms with Gasteiger partial charge in [-0.15, -0.1) is 0 Å². The van der Waals surface area contributed by atoms with E-state index in [0.29, 0.717) is 0 Å². The molecule has 1 amide bonds. The average Bonchev–Trinajstić information content (AvgIpc) is 3.06. The zero-order valence-corrected chi connectivity index (χ0v) is 18.4. The van der Waals surface area contributed by atoms with Gasteiger partial charge in [-0.3, -0.25) is 9.28 Å². The Morgan fingerprint density at radius 1 is 1.11 bits per heavy atom. The van der Waals surface area contributed by atoms with Crippen molar-refractivity contribution in [2.45, 2.75) is 111 Å². The number of amides is 1. The fraction of sp³-hybridized carbons (Fsp3) is 0.826. The Morgan fingerprint density at radius 2 is 1.74 bits per heavy atom. The number of carbonyl (C=O) groups is 1. The third-order valence-corrected chi connectivity index (χ3v) is 6.04. The molecule has 3 unspecified atom stereocenters. The SMILES string of the molecule is CCCCCCCCC/C=C/CCCC1N=CC[N+]1(CC)C(C)NC(C)=O. The highest BCUT2D eigenvalue weighted by Gasteiger charge is 2.42. The van der Waals surface area contributed by atoms with Gasteiger partial charge in [0.2, 0.25) is 5.91 Å². The Morgan fingerprint density at radius 3 is 2.37 bits per heavy atom. The first-order valence-electron chi connectivity index (χ1n) is 11.4. The largest absolute Gasteiger partial charge is 0.307 e. The Kier molecular flexibility index (Phi) is 12.3. The van der Waals surface area contributed by atoms with Gasteiger partial charge in [0, 0.05) is 20.3 Å². The van der Waals surface area contributed by atoms with Crippen molar-refractivity contribution in [1.82, 2.24) is 5.32 Å². The summed E-state index contributed by atoms with van der Waals surface area (Å²) in [4.78, 5) is 16.2. The van der Waals surface area contributed by atoms with Crippen LogP contribution in [0, 0.1) is 0 Å². The second-order valence-corrected chi connectivity index (χ2v) is 8.10. The first-order chi connectivity index (χ1) is 13.1. The Labute approximate surface area is 168 Å². The molecule has 0 radical (unpaired) electrons. The van der Waals surface area contributed by atoms with Crippen LogP contribution in [0.1, 0.15) is 98.3 Å². The molecule has 1 rings (SSSR count). The molecule has 1 heterocycles. The van der Waals surface area contributed by atoms with Gasteiger partial charge in [-0.2, -0.15) is 0 Å². The second-order valence-electron chi connectivity index (χ2n) is 8.10. The van der Waals surface area contributed by atoms with Gasteiger partial charge in [0.1, 0.15) is 6.54 Å². The van der Waals surface area contributed by atoms with Crippen molar-refractivity contribution < 1.29 is 9.28 Å². The monoisotopic (exact) mass is 378 g/mol. The van der Waals surface area contributed by atoms with Crippen molar-refractivity contribution in [2.24, 2.45) is 4.99 Å². The number of quaternary nitrogens is 1. The molecule has 0 saturated heterocycles. The molecule has 0 saturated carbocycles. The van der Waals surface area contributed by atoms with Crippen molar-refractivity contribution in [2.75, 3.05) is 13.1 Å². The van der Waals surface area contributed by atoms with E-state index in [1.165, 1.54) is 57.8 Å². The van der Waals surface area contributed by atoms with Gasteiger partial charge < -0.3 is 5.32 Å². The normalized spacial score (nSPS) is 23.2. The summed E-state index contributed by atoms with van der Waals surface area (Å²) in [5.74, 6) is 0.0485. The van der Waals surface area contributed by atoms with Gasteiger partial charge >= 0.3 is 0 Å². The lowest BCUT2D eigenvalue weighted by molar-refractivity contribution is -0.959. The van der Waals surface area contributed by atoms with Crippen LogP contribution >= 0.6 is 0 Å². The molecule has 156 valence electrons. The zero-order chi connectivity index (χ0) is 20.0. The molecule has 1 aliphatic rings. The zero-order valence-electron chi connectivity index (χ0n) is 18.4. The lowest BCUT2D eigenvalue weighted by atomic mass is 10.1. The predicted molar refractivity (Wildman–Crippen MR) is 117 cm³/mol. The third-order valence-electron chi connectivity index (χ3n) is 6.04. The minimum absolute atomic E-state index is 0.0485. The number of unbranched alkanes of at least 4 members (excludes halogenated alkanes) is 8. The van der Waals surface area contributed by atoms with Crippen molar-refractivity contribution in [3.8, 4) is 0 Å². The summed E-state index contributed by atoms with van der Waals surface area (Å²) >= 11 is 0. The third kappa shape index (κ3) is 8.59. The number of allylic oxidation sites excluding steroid dienone is 2. The molecule has 0 aromatic rings. The first kappa shape index (κ1) is 23.9. The predicted octanol–water partition coefficient (Wildman–Crippen LogP) is 5.58. The van der Waals surface area contributed by atoms with Gasteiger partial charge in [0.25, 0.3) is 0 Å². The van der Waals surface area contributed by atoms with E-state index in [0.717, 1.165) is 30.4 Å². The number of hydrogen-bond donors (Lipinski definition) is 1. The number of nitrogens with one attached hydrogen (secondary N) is 1. The van der Waals surface area contributed by atoms with E-state index < -0.39 is 0 Å². The van der Waals surface area contributed by atoms with Crippen LogP contribution in [0.25, 0.3) is 0 Å². The van der Waals surface area contributed by atoms with Gasteiger partial charge in [0.05, 0.1) is 12.8 Å². The molecule has 4 heteroatoms. The van der Waals surface area contributed by atoms with Crippen molar-refractivity contribution in [1.29, 1.82) is 0 Å². The fourth-order valence-electron chi connectivity index (χ4n) is 4.23. The molecule has 3 atom stereocenters. The van der Waals surface area contributed by atoms with E-state index in [1.807, 2.05) is 0 Å². The number of rotatable bonds is 15. The fourth-order valence-corrected chi connectivity index (χ4v) is 4.23. The van der Waals surface area contributed by atoms with Gasteiger partial charge in [0.15, 0.2) is 12.3 Å². The molecule has 0 aromatic carbocycles. The van der Waals surface area contributed by atoms with Crippen LogP contribution < -0.4 is 5.32 Å². The summed E-state index contributed by atoms with van der Waals surface area (Å²) in [5.41, 5.74) is 0. The lowest BCUT2D eigenvalue weighted by Gasteiger charge is -2.42. The molecule has 0 aliphatic carbocycles. The van der Waals surface area contributed by atoms with E-state index in [4.69, 9.17) is 4.99 Å². The summed E-state index contributed by atoms with van der Waals surface area (Å²) in [6.07, 6.45) is 21.5. The Hall–Kier alpha value is -1.16. The summed E-state index contributed by atoms with van der Waals surface area (Å²) in [6, 6.07) is 0.